The fourth-order valence-corrected chi connectivity index (χ4v) is 1.52. The third-order valence-corrected chi connectivity index (χ3v) is 2.53. The highest BCUT2D eigenvalue weighted by atomic mass is 79.9. The molecule has 0 aliphatic carbocycles. The van der Waals surface area contributed by atoms with E-state index >= 15 is 0 Å². The average molecular weight is 296 g/mol. The highest BCUT2D eigenvalue weighted by Gasteiger charge is 2.16. The molecule has 1 atom stereocenters. The molecule has 0 aliphatic rings. The highest BCUT2D eigenvalue weighted by molar-refractivity contribution is 9.10. The maximum absolute atomic E-state index is 11.9. The van der Waals surface area contributed by atoms with Gasteiger partial charge in [-0.25, -0.2) is 4.39 Å². The summed E-state index contributed by atoms with van der Waals surface area (Å²) < 4.78 is 16.6. The quantitative estimate of drug-likeness (QED) is 0.626. The van der Waals surface area contributed by atoms with Gasteiger partial charge < -0.3 is 4.74 Å². The van der Waals surface area contributed by atoms with E-state index in [0.29, 0.717) is 16.3 Å². The van der Waals surface area contributed by atoms with Gasteiger partial charge >= 0.3 is 0 Å². The van der Waals surface area contributed by atoms with Gasteiger partial charge in [-0.15, -0.1) is 0 Å². The van der Waals surface area contributed by atoms with Crippen LogP contribution >= 0.6 is 27.5 Å². The van der Waals surface area contributed by atoms with Crippen molar-refractivity contribution in [2.24, 2.45) is 0 Å². The Hall–Kier alpha value is -0.610. The van der Waals surface area contributed by atoms with Crippen molar-refractivity contribution in [2.45, 2.75) is 11.8 Å². The standard InChI is InChI=1S/C10H9BrClFO2/c1-6(11)10(14)8-4-7(15-5-13)2-3-9(8)12/h2-4,6H,5H2,1H3. The number of ether oxygens (including phenoxy) is 1. The van der Waals surface area contributed by atoms with Crippen LogP contribution in [0, 0.1) is 0 Å². The molecule has 0 bridgehead atoms. The normalized spacial score (nSPS) is 12.3. The van der Waals surface area contributed by atoms with Crippen LogP contribution in [0.2, 0.25) is 5.02 Å². The highest BCUT2D eigenvalue weighted by Crippen LogP contribution is 2.24. The lowest BCUT2D eigenvalue weighted by atomic mass is 10.1. The molecule has 0 amide bonds. The number of benzene rings is 1. The second-order valence-corrected chi connectivity index (χ2v) is 4.66. The maximum atomic E-state index is 11.9. The maximum Gasteiger partial charge on any atom is 0.228 e. The van der Waals surface area contributed by atoms with Crippen molar-refractivity contribution in [3.63, 3.8) is 0 Å². The molecule has 0 saturated heterocycles. The van der Waals surface area contributed by atoms with Gasteiger partial charge in [0.15, 0.2) is 5.78 Å². The number of Topliss-reactive ketones (excluding diaryl/α,β-unsaturated/α-hetero) is 1. The van der Waals surface area contributed by atoms with E-state index in [1.54, 1.807) is 6.92 Å². The second kappa shape index (κ2) is 5.47. The number of hydrogen-bond donors (Lipinski definition) is 0. The van der Waals surface area contributed by atoms with Crippen LogP contribution in [-0.4, -0.2) is 17.5 Å². The zero-order chi connectivity index (χ0) is 11.4. The molecule has 0 radical (unpaired) electrons. The SMILES string of the molecule is CC(Br)C(=O)c1cc(OCF)ccc1Cl. The van der Waals surface area contributed by atoms with E-state index in [4.69, 9.17) is 11.6 Å². The minimum atomic E-state index is -0.931. The first-order valence-corrected chi connectivity index (χ1v) is 5.52. The van der Waals surface area contributed by atoms with Crippen molar-refractivity contribution in [2.75, 3.05) is 6.86 Å². The number of ketones is 1. The van der Waals surface area contributed by atoms with Crippen molar-refractivity contribution in [1.82, 2.24) is 0 Å². The van der Waals surface area contributed by atoms with E-state index in [9.17, 15) is 9.18 Å². The Morgan fingerprint density at radius 1 is 1.67 bits per heavy atom. The summed E-state index contributed by atoms with van der Waals surface area (Å²) in [5.41, 5.74) is 0.326. The summed E-state index contributed by atoms with van der Waals surface area (Å²) in [6.07, 6.45) is 0. The summed E-state index contributed by atoms with van der Waals surface area (Å²) in [6.45, 7) is 0.764. The number of hydrogen-bond acceptors (Lipinski definition) is 2. The number of halogens is 3. The summed E-state index contributed by atoms with van der Waals surface area (Å²) in [5.74, 6) is 0.128. The molecular weight excluding hydrogens is 286 g/mol. The van der Waals surface area contributed by atoms with Crippen LogP contribution in [0.25, 0.3) is 0 Å². The van der Waals surface area contributed by atoms with Crippen LogP contribution in [0.4, 0.5) is 4.39 Å². The third kappa shape index (κ3) is 3.18. The fraction of sp³-hybridized carbons (Fsp3) is 0.300. The van der Waals surface area contributed by atoms with Crippen LogP contribution in [0.5, 0.6) is 5.75 Å². The second-order valence-electron chi connectivity index (χ2n) is 2.88. The molecule has 0 fully saturated rings. The molecule has 0 spiro atoms. The van der Waals surface area contributed by atoms with E-state index in [0.717, 1.165) is 0 Å². The van der Waals surface area contributed by atoms with Crippen molar-refractivity contribution in [3.05, 3.63) is 28.8 Å². The molecule has 1 aromatic carbocycles. The van der Waals surface area contributed by atoms with Gasteiger partial charge in [0.1, 0.15) is 5.75 Å². The fourth-order valence-electron chi connectivity index (χ4n) is 1.06. The average Bonchev–Trinajstić information content (AvgIpc) is 2.20. The van der Waals surface area contributed by atoms with Gasteiger partial charge in [-0.05, 0) is 25.1 Å². The Labute approximate surface area is 101 Å². The van der Waals surface area contributed by atoms with E-state index in [1.165, 1.54) is 18.2 Å². The summed E-state index contributed by atoms with van der Waals surface area (Å²) >= 11 is 9.00. The Morgan fingerprint density at radius 3 is 2.87 bits per heavy atom. The Kier molecular flexibility index (Phi) is 4.54. The summed E-state index contributed by atoms with van der Waals surface area (Å²) in [7, 11) is 0. The molecule has 0 aromatic heterocycles. The van der Waals surface area contributed by atoms with Gasteiger partial charge in [0.25, 0.3) is 0 Å². The van der Waals surface area contributed by atoms with E-state index in [2.05, 4.69) is 20.7 Å². The number of carbonyl (C=O) groups excluding carboxylic acids is 1. The van der Waals surface area contributed by atoms with Gasteiger partial charge in [-0.3, -0.25) is 4.79 Å². The molecule has 1 rings (SSSR count). The molecular formula is C10H9BrClFO2. The number of carbonyl (C=O) groups is 1. The molecule has 0 saturated carbocycles. The van der Waals surface area contributed by atoms with Crippen molar-refractivity contribution >= 4 is 33.3 Å². The predicted molar refractivity (Wildman–Crippen MR) is 60.8 cm³/mol. The minimum absolute atomic E-state index is 0.163. The first kappa shape index (κ1) is 12.5. The largest absolute Gasteiger partial charge is 0.463 e. The molecule has 1 unspecified atom stereocenters. The Balaban J connectivity index is 3.05. The van der Waals surface area contributed by atoms with Crippen molar-refractivity contribution < 1.29 is 13.9 Å². The molecule has 1 aromatic rings. The van der Waals surface area contributed by atoms with Gasteiger partial charge in [0, 0.05) is 5.56 Å². The van der Waals surface area contributed by atoms with Crippen molar-refractivity contribution in [1.29, 1.82) is 0 Å². The van der Waals surface area contributed by atoms with Crippen LogP contribution in [0.1, 0.15) is 17.3 Å². The smallest absolute Gasteiger partial charge is 0.228 e. The number of alkyl halides is 2. The molecule has 0 heterocycles. The summed E-state index contributed by atoms with van der Waals surface area (Å²) in [6, 6.07) is 4.45. The molecule has 5 heteroatoms. The predicted octanol–water partition coefficient (Wildman–Crippen LogP) is 3.61. The lowest BCUT2D eigenvalue weighted by Crippen LogP contribution is -2.10. The third-order valence-electron chi connectivity index (χ3n) is 1.79. The first-order chi connectivity index (χ1) is 7.06. The van der Waals surface area contributed by atoms with Gasteiger partial charge in [-0.2, -0.15) is 0 Å². The zero-order valence-corrected chi connectivity index (χ0v) is 10.3. The molecule has 15 heavy (non-hydrogen) atoms. The molecule has 2 nitrogen and oxygen atoms in total. The molecule has 0 aliphatic heterocycles. The van der Waals surface area contributed by atoms with Gasteiger partial charge in [0.05, 0.1) is 9.85 Å². The van der Waals surface area contributed by atoms with Crippen LogP contribution in [0.3, 0.4) is 0 Å². The van der Waals surface area contributed by atoms with Crippen LogP contribution in [0.15, 0.2) is 18.2 Å². The summed E-state index contributed by atoms with van der Waals surface area (Å²) in [4.78, 5) is 11.3. The Morgan fingerprint density at radius 2 is 2.33 bits per heavy atom. The lowest BCUT2D eigenvalue weighted by Gasteiger charge is -2.07. The van der Waals surface area contributed by atoms with E-state index in [1.807, 2.05) is 0 Å². The van der Waals surface area contributed by atoms with Gasteiger partial charge in [0.2, 0.25) is 6.86 Å². The first-order valence-electron chi connectivity index (χ1n) is 4.23. The summed E-state index contributed by atoms with van der Waals surface area (Å²) in [5, 5.41) is 0.331. The van der Waals surface area contributed by atoms with Crippen molar-refractivity contribution in [3.8, 4) is 5.75 Å². The van der Waals surface area contributed by atoms with Crippen LogP contribution < -0.4 is 4.74 Å². The Bertz CT molecular complexity index is 368. The molecule has 0 N–H and O–H groups in total. The van der Waals surface area contributed by atoms with Gasteiger partial charge in [-0.1, -0.05) is 27.5 Å². The monoisotopic (exact) mass is 294 g/mol. The topological polar surface area (TPSA) is 26.3 Å². The molecule has 82 valence electrons. The lowest BCUT2D eigenvalue weighted by molar-refractivity contribution is 0.0995. The van der Waals surface area contributed by atoms with E-state index in [-0.39, 0.29) is 10.6 Å². The van der Waals surface area contributed by atoms with E-state index < -0.39 is 6.86 Å². The zero-order valence-electron chi connectivity index (χ0n) is 7.97. The van der Waals surface area contributed by atoms with Crippen LogP contribution in [-0.2, 0) is 0 Å². The number of rotatable bonds is 4. The minimum Gasteiger partial charge on any atom is -0.463 e.